The van der Waals surface area contributed by atoms with E-state index in [9.17, 15) is 9.90 Å². The van der Waals surface area contributed by atoms with E-state index in [1.807, 2.05) is 0 Å². The van der Waals surface area contributed by atoms with Gasteiger partial charge in [-0.25, -0.2) is 0 Å². The zero-order valence-corrected chi connectivity index (χ0v) is 10.8. The summed E-state index contributed by atoms with van der Waals surface area (Å²) in [7, 11) is 0. The highest BCUT2D eigenvalue weighted by Gasteiger charge is 2.25. The lowest BCUT2D eigenvalue weighted by molar-refractivity contribution is 0.0917. The van der Waals surface area contributed by atoms with Gasteiger partial charge in [0.25, 0.3) is 5.91 Å². The molecule has 1 aromatic carbocycles. The minimum Gasteiger partial charge on any atom is -0.398 e. The van der Waals surface area contributed by atoms with Crippen LogP contribution >= 0.6 is 11.6 Å². The minimum absolute atomic E-state index is 0.165. The van der Waals surface area contributed by atoms with Crippen LogP contribution in [-0.4, -0.2) is 23.7 Å². The molecule has 2 unspecified atom stereocenters. The Hall–Kier alpha value is -1.26. The number of carbonyl (C=O) groups excluding carboxylic acids is 1. The molecule has 0 radical (unpaired) electrons. The van der Waals surface area contributed by atoms with Gasteiger partial charge in [-0.05, 0) is 31.0 Å². The van der Waals surface area contributed by atoms with E-state index in [0.29, 0.717) is 22.8 Å². The molecule has 0 bridgehead atoms. The molecule has 4 nitrogen and oxygen atoms in total. The Balaban J connectivity index is 1.93. The van der Waals surface area contributed by atoms with Gasteiger partial charge >= 0.3 is 0 Å². The number of hydrogen-bond acceptors (Lipinski definition) is 3. The van der Waals surface area contributed by atoms with Gasteiger partial charge < -0.3 is 16.2 Å². The fraction of sp³-hybridized carbons (Fsp3) is 0.462. The fourth-order valence-corrected chi connectivity index (χ4v) is 2.38. The van der Waals surface area contributed by atoms with E-state index in [0.717, 1.165) is 19.3 Å². The number of aliphatic hydroxyl groups is 1. The summed E-state index contributed by atoms with van der Waals surface area (Å²) < 4.78 is 0. The molecule has 1 saturated carbocycles. The minimum atomic E-state index is -0.291. The van der Waals surface area contributed by atoms with Gasteiger partial charge in [-0.15, -0.1) is 0 Å². The van der Waals surface area contributed by atoms with E-state index in [4.69, 9.17) is 17.3 Å². The van der Waals surface area contributed by atoms with Crippen molar-refractivity contribution in [3.05, 3.63) is 28.8 Å². The third-order valence-electron chi connectivity index (χ3n) is 3.40. The van der Waals surface area contributed by atoms with Gasteiger partial charge in [-0.2, -0.15) is 0 Å². The average molecular weight is 269 g/mol. The molecule has 18 heavy (non-hydrogen) atoms. The first kappa shape index (κ1) is 13.2. The molecule has 1 fully saturated rings. The van der Waals surface area contributed by atoms with Crippen molar-refractivity contribution >= 4 is 23.2 Å². The molecule has 98 valence electrons. The summed E-state index contributed by atoms with van der Waals surface area (Å²) in [6.07, 6.45) is 2.52. The first-order chi connectivity index (χ1) is 8.58. The molecule has 1 aromatic rings. The zero-order chi connectivity index (χ0) is 13.1. The molecular formula is C13H17ClN2O2. The number of benzene rings is 1. The van der Waals surface area contributed by atoms with Gasteiger partial charge in [0.1, 0.15) is 0 Å². The van der Waals surface area contributed by atoms with Crippen molar-refractivity contribution in [1.82, 2.24) is 5.32 Å². The molecule has 2 rings (SSSR count). The summed E-state index contributed by atoms with van der Waals surface area (Å²) in [5.41, 5.74) is 6.53. The lowest BCUT2D eigenvalue weighted by Gasteiger charge is -2.15. The second-order valence-corrected chi connectivity index (χ2v) is 5.11. The van der Waals surface area contributed by atoms with Crippen LogP contribution in [0.3, 0.4) is 0 Å². The highest BCUT2D eigenvalue weighted by molar-refractivity contribution is 6.33. The molecule has 0 saturated heterocycles. The van der Waals surface area contributed by atoms with E-state index in [1.165, 1.54) is 0 Å². The van der Waals surface area contributed by atoms with Crippen molar-refractivity contribution in [2.24, 2.45) is 5.92 Å². The fourth-order valence-electron chi connectivity index (χ4n) is 2.27. The molecule has 0 aliphatic heterocycles. The third-order valence-corrected chi connectivity index (χ3v) is 3.75. The summed E-state index contributed by atoms with van der Waals surface area (Å²) >= 11 is 5.80. The Morgan fingerprint density at radius 2 is 2.28 bits per heavy atom. The van der Waals surface area contributed by atoms with Gasteiger partial charge in [-0.3, -0.25) is 4.79 Å². The predicted molar refractivity (Wildman–Crippen MR) is 71.5 cm³/mol. The zero-order valence-electron chi connectivity index (χ0n) is 10.0. The molecule has 0 spiro atoms. The Morgan fingerprint density at radius 3 is 2.89 bits per heavy atom. The van der Waals surface area contributed by atoms with E-state index in [2.05, 4.69) is 5.32 Å². The Morgan fingerprint density at radius 1 is 1.50 bits per heavy atom. The standard InChI is InChI=1S/C13H17ClN2O2/c14-10-5-4-8(6-11(10)15)13(18)16-7-9-2-1-3-12(9)17/h4-6,9,12,17H,1-3,7,15H2,(H,16,18). The summed E-state index contributed by atoms with van der Waals surface area (Å²) in [5, 5.41) is 12.9. The summed E-state index contributed by atoms with van der Waals surface area (Å²) in [5.74, 6) is -0.0175. The average Bonchev–Trinajstić information content (AvgIpc) is 2.75. The number of nitrogens with two attached hydrogens (primary N) is 1. The van der Waals surface area contributed by atoms with Crippen LogP contribution < -0.4 is 11.1 Å². The van der Waals surface area contributed by atoms with Gasteiger partial charge in [0.05, 0.1) is 16.8 Å². The normalized spacial score (nSPS) is 23.0. The van der Waals surface area contributed by atoms with Crippen LogP contribution in [0.1, 0.15) is 29.6 Å². The van der Waals surface area contributed by atoms with Crippen LogP contribution in [0.5, 0.6) is 0 Å². The lowest BCUT2D eigenvalue weighted by Crippen LogP contribution is -2.32. The van der Waals surface area contributed by atoms with Crippen LogP contribution in [0.25, 0.3) is 0 Å². The molecule has 4 N–H and O–H groups in total. The van der Waals surface area contributed by atoms with Crippen molar-refractivity contribution < 1.29 is 9.90 Å². The number of aliphatic hydroxyl groups excluding tert-OH is 1. The number of anilines is 1. The van der Waals surface area contributed by atoms with E-state index < -0.39 is 0 Å². The van der Waals surface area contributed by atoms with Gasteiger partial charge in [0.2, 0.25) is 0 Å². The van der Waals surface area contributed by atoms with Crippen molar-refractivity contribution in [2.75, 3.05) is 12.3 Å². The predicted octanol–water partition coefficient (Wildman–Crippen LogP) is 1.81. The van der Waals surface area contributed by atoms with Gasteiger partial charge in [0, 0.05) is 18.0 Å². The molecule has 2 atom stereocenters. The smallest absolute Gasteiger partial charge is 0.251 e. The highest BCUT2D eigenvalue weighted by atomic mass is 35.5. The van der Waals surface area contributed by atoms with Crippen molar-refractivity contribution in [3.8, 4) is 0 Å². The topological polar surface area (TPSA) is 75.4 Å². The summed E-state index contributed by atoms with van der Waals surface area (Å²) in [6, 6.07) is 4.80. The van der Waals surface area contributed by atoms with E-state index in [1.54, 1.807) is 18.2 Å². The van der Waals surface area contributed by atoms with Crippen molar-refractivity contribution in [3.63, 3.8) is 0 Å². The number of hydrogen-bond donors (Lipinski definition) is 3. The van der Waals surface area contributed by atoms with Crippen molar-refractivity contribution in [2.45, 2.75) is 25.4 Å². The van der Waals surface area contributed by atoms with E-state index >= 15 is 0 Å². The SMILES string of the molecule is Nc1cc(C(=O)NCC2CCCC2O)ccc1Cl. The molecular weight excluding hydrogens is 252 g/mol. The van der Waals surface area contributed by atoms with Crippen molar-refractivity contribution in [1.29, 1.82) is 0 Å². The monoisotopic (exact) mass is 268 g/mol. The van der Waals surface area contributed by atoms with Crippen LogP contribution in [0, 0.1) is 5.92 Å². The van der Waals surface area contributed by atoms with Crippen LogP contribution in [0.15, 0.2) is 18.2 Å². The quantitative estimate of drug-likeness (QED) is 0.732. The first-order valence-corrected chi connectivity index (χ1v) is 6.47. The summed E-state index contributed by atoms with van der Waals surface area (Å²) in [6.45, 7) is 0.503. The van der Waals surface area contributed by atoms with Gasteiger partial charge in [-0.1, -0.05) is 18.0 Å². The molecule has 0 heterocycles. The molecule has 0 aromatic heterocycles. The second-order valence-electron chi connectivity index (χ2n) is 4.70. The number of carbonyl (C=O) groups is 1. The number of nitrogens with one attached hydrogen (secondary N) is 1. The largest absolute Gasteiger partial charge is 0.398 e. The third kappa shape index (κ3) is 2.94. The van der Waals surface area contributed by atoms with Crippen LogP contribution in [-0.2, 0) is 0 Å². The molecule has 1 amide bonds. The maximum Gasteiger partial charge on any atom is 0.251 e. The van der Waals surface area contributed by atoms with E-state index in [-0.39, 0.29) is 17.9 Å². The maximum absolute atomic E-state index is 11.9. The van der Waals surface area contributed by atoms with Crippen LogP contribution in [0.4, 0.5) is 5.69 Å². The summed E-state index contributed by atoms with van der Waals surface area (Å²) in [4.78, 5) is 11.9. The maximum atomic E-state index is 11.9. The Bertz CT molecular complexity index is 451. The highest BCUT2D eigenvalue weighted by Crippen LogP contribution is 2.25. The molecule has 5 heteroatoms. The second kappa shape index (κ2) is 5.59. The molecule has 1 aliphatic rings. The molecule has 1 aliphatic carbocycles. The first-order valence-electron chi connectivity index (χ1n) is 6.09. The van der Waals surface area contributed by atoms with Gasteiger partial charge in [0.15, 0.2) is 0 Å². The Labute approximate surface area is 111 Å². The number of amides is 1. The Kier molecular flexibility index (Phi) is 4.09. The number of halogens is 1. The van der Waals surface area contributed by atoms with Crippen LogP contribution in [0.2, 0.25) is 5.02 Å². The lowest BCUT2D eigenvalue weighted by atomic mass is 10.1. The number of rotatable bonds is 3. The number of nitrogen functional groups attached to an aromatic ring is 1.